The third kappa shape index (κ3) is 1.79. The minimum Gasteiger partial charge on any atom is -0.477 e. The van der Waals surface area contributed by atoms with E-state index in [1.54, 1.807) is 0 Å². The summed E-state index contributed by atoms with van der Waals surface area (Å²) in [5, 5.41) is 8.93. The third-order valence-electron chi connectivity index (χ3n) is 4.09. The summed E-state index contributed by atoms with van der Waals surface area (Å²) < 4.78 is 0. The highest BCUT2D eigenvalue weighted by atomic mass is 16.4. The third-order valence-corrected chi connectivity index (χ3v) is 4.09. The highest BCUT2D eigenvalue weighted by Gasteiger charge is 2.52. The Morgan fingerprint density at radius 3 is 2.45 bits per heavy atom. The average molecular weight is 274 g/mol. The van der Waals surface area contributed by atoms with Crippen molar-refractivity contribution in [2.45, 2.75) is 19.8 Å². The Hall–Kier alpha value is -2.24. The molecule has 0 radical (unpaired) electrons. The zero-order valence-electron chi connectivity index (χ0n) is 10.9. The fourth-order valence-electron chi connectivity index (χ4n) is 3.21. The number of anilines is 1. The number of fused-ring (bicyclic) bond motifs is 1. The second-order valence-corrected chi connectivity index (χ2v) is 5.51. The number of hydrogen-bond acceptors (Lipinski definition) is 4. The van der Waals surface area contributed by atoms with Gasteiger partial charge >= 0.3 is 5.97 Å². The van der Waals surface area contributed by atoms with Gasteiger partial charge < -0.3 is 5.11 Å². The number of carbonyl (C=O) groups excluding carboxylic acids is 2. The number of aromatic nitrogens is 1. The molecule has 2 fully saturated rings. The molecular formula is C14H14N2O4. The van der Waals surface area contributed by atoms with Crippen molar-refractivity contribution in [2.24, 2.45) is 17.8 Å². The zero-order valence-corrected chi connectivity index (χ0v) is 10.9. The van der Waals surface area contributed by atoms with Gasteiger partial charge in [0, 0.05) is 6.20 Å². The molecule has 1 aliphatic carbocycles. The van der Waals surface area contributed by atoms with Gasteiger partial charge in [-0.1, -0.05) is 6.92 Å². The first-order chi connectivity index (χ1) is 9.49. The van der Waals surface area contributed by atoms with Crippen molar-refractivity contribution in [3.05, 3.63) is 24.0 Å². The van der Waals surface area contributed by atoms with Gasteiger partial charge in [-0.25, -0.2) is 14.7 Å². The van der Waals surface area contributed by atoms with Gasteiger partial charge in [0.15, 0.2) is 0 Å². The molecule has 0 aromatic carbocycles. The molecule has 2 aliphatic rings. The first-order valence-electron chi connectivity index (χ1n) is 6.56. The van der Waals surface area contributed by atoms with Gasteiger partial charge in [0.1, 0.15) is 5.69 Å². The van der Waals surface area contributed by atoms with E-state index in [1.807, 2.05) is 6.92 Å². The number of carboxylic acid groups (broad SMARTS) is 1. The second kappa shape index (κ2) is 4.40. The molecule has 2 atom stereocenters. The lowest BCUT2D eigenvalue weighted by Crippen LogP contribution is -2.32. The highest BCUT2D eigenvalue weighted by molar-refractivity contribution is 6.22. The van der Waals surface area contributed by atoms with Crippen LogP contribution in [-0.2, 0) is 9.59 Å². The van der Waals surface area contributed by atoms with Gasteiger partial charge in [0.2, 0.25) is 11.8 Å². The summed E-state index contributed by atoms with van der Waals surface area (Å²) in [6.45, 7) is 2.04. The van der Waals surface area contributed by atoms with Gasteiger partial charge in [-0.05, 0) is 30.9 Å². The van der Waals surface area contributed by atoms with Gasteiger partial charge in [-0.2, -0.15) is 0 Å². The van der Waals surface area contributed by atoms with E-state index < -0.39 is 5.97 Å². The van der Waals surface area contributed by atoms with Crippen LogP contribution in [0.2, 0.25) is 0 Å². The van der Waals surface area contributed by atoms with E-state index in [9.17, 15) is 14.4 Å². The second-order valence-electron chi connectivity index (χ2n) is 5.51. The normalized spacial score (nSPS) is 28.9. The fourth-order valence-corrected chi connectivity index (χ4v) is 3.21. The van der Waals surface area contributed by atoms with E-state index in [0.29, 0.717) is 11.6 Å². The zero-order chi connectivity index (χ0) is 14.4. The Labute approximate surface area is 115 Å². The van der Waals surface area contributed by atoms with Crippen molar-refractivity contribution in [3.8, 4) is 0 Å². The molecule has 104 valence electrons. The molecule has 1 N–H and O–H groups in total. The van der Waals surface area contributed by atoms with Gasteiger partial charge in [0.25, 0.3) is 0 Å². The number of aromatic carboxylic acids is 1. The lowest BCUT2D eigenvalue weighted by atomic mass is 10.00. The smallest absolute Gasteiger partial charge is 0.354 e. The average Bonchev–Trinajstić information content (AvgIpc) is 2.89. The molecule has 1 saturated carbocycles. The number of pyridine rings is 1. The molecule has 6 heteroatoms. The molecule has 1 saturated heterocycles. The SMILES string of the molecule is CC1CC2C(=O)N(c3ccnc(C(=O)O)c3)C(=O)C2C1. The van der Waals surface area contributed by atoms with Crippen molar-refractivity contribution in [1.82, 2.24) is 4.98 Å². The van der Waals surface area contributed by atoms with E-state index >= 15 is 0 Å². The van der Waals surface area contributed by atoms with Crippen molar-refractivity contribution in [2.75, 3.05) is 4.90 Å². The van der Waals surface area contributed by atoms with Crippen molar-refractivity contribution >= 4 is 23.5 Å². The van der Waals surface area contributed by atoms with Crippen LogP contribution in [0.5, 0.6) is 0 Å². The molecule has 1 aromatic heterocycles. The van der Waals surface area contributed by atoms with Crippen LogP contribution in [0.15, 0.2) is 18.3 Å². The van der Waals surface area contributed by atoms with Crippen LogP contribution in [0.25, 0.3) is 0 Å². The first kappa shape index (κ1) is 12.8. The lowest BCUT2D eigenvalue weighted by molar-refractivity contribution is -0.123. The van der Waals surface area contributed by atoms with E-state index in [-0.39, 0.29) is 29.3 Å². The van der Waals surface area contributed by atoms with E-state index in [4.69, 9.17) is 5.11 Å². The molecular weight excluding hydrogens is 260 g/mol. The number of nitrogens with zero attached hydrogens (tertiary/aromatic N) is 2. The number of carbonyl (C=O) groups is 3. The summed E-state index contributed by atoms with van der Waals surface area (Å²) in [4.78, 5) is 40.5. The topological polar surface area (TPSA) is 87.6 Å². The van der Waals surface area contributed by atoms with Crippen molar-refractivity contribution < 1.29 is 19.5 Å². The monoisotopic (exact) mass is 274 g/mol. The van der Waals surface area contributed by atoms with E-state index in [1.165, 1.54) is 18.3 Å². The number of amides is 2. The molecule has 2 amide bonds. The summed E-state index contributed by atoms with van der Waals surface area (Å²) in [5.74, 6) is -1.73. The van der Waals surface area contributed by atoms with Crippen molar-refractivity contribution in [1.29, 1.82) is 0 Å². The van der Waals surface area contributed by atoms with Crippen LogP contribution in [-0.4, -0.2) is 27.9 Å². The maximum absolute atomic E-state index is 12.4. The van der Waals surface area contributed by atoms with Crippen LogP contribution in [0.4, 0.5) is 5.69 Å². The maximum atomic E-state index is 12.4. The number of imide groups is 1. The standard InChI is InChI=1S/C14H14N2O4/c1-7-4-9-10(5-7)13(18)16(12(9)17)8-2-3-15-11(6-8)14(19)20/h2-3,6-7,9-10H,4-5H2,1H3,(H,19,20). The Bertz CT molecular complexity index is 589. The molecule has 3 rings (SSSR count). The molecule has 2 heterocycles. The highest BCUT2D eigenvalue weighted by Crippen LogP contribution is 2.44. The first-order valence-corrected chi connectivity index (χ1v) is 6.56. The van der Waals surface area contributed by atoms with Gasteiger partial charge in [-0.15, -0.1) is 0 Å². The fraction of sp³-hybridized carbons (Fsp3) is 0.429. The Balaban J connectivity index is 1.96. The minimum absolute atomic E-state index is 0.173. The molecule has 0 bridgehead atoms. The number of carboxylic acids is 1. The number of hydrogen-bond donors (Lipinski definition) is 1. The maximum Gasteiger partial charge on any atom is 0.354 e. The summed E-state index contributed by atoms with van der Waals surface area (Å²) in [5.41, 5.74) is 0.128. The van der Waals surface area contributed by atoms with Gasteiger partial charge in [0.05, 0.1) is 17.5 Å². The van der Waals surface area contributed by atoms with Crippen LogP contribution >= 0.6 is 0 Å². The largest absolute Gasteiger partial charge is 0.477 e. The van der Waals surface area contributed by atoms with Crippen LogP contribution in [0.1, 0.15) is 30.3 Å². The Kier molecular flexibility index (Phi) is 2.81. The summed E-state index contributed by atoms with van der Waals surface area (Å²) >= 11 is 0. The predicted molar refractivity (Wildman–Crippen MR) is 69.1 cm³/mol. The summed E-state index contributed by atoms with van der Waals surface area (Å²) in [7, 11) is 0. The van der Waals surface area contributed by atoms with E-state index in [2.05, 4.69) is 4.98 Å². The molecule has 20 heavy (non-hydrogen) atoms. The lowest BCUT2D eigenvalue weighted by Gasteiger charge is -2.16. The van der Waals surface area contributed by atoms with Crippen LogP contribution < -0.4 is 4.90 Å². The molecule has 6 nitrogen and oxygen atoms in total. The number of rotatable bonds is 2. The summed E-state index contributed by atoms with van der Waals surface area (Å²) in [6, 6.07) is 2.76. The van der Waals surface area contributed by atoms with Gasteiger partial charge in [-0.3, -0.25) is 9.59 Å². The van der Waals surface area contributed by atoms with Crippen LogP contribution in [0, 0.1) is 17.8 Å². The minimum atomic E-state index is -1.18. The molecule has 0 spiro atoms. The Morgan fingerprint density at radius 2 is 1.90 bits per heavy atom. The molecule has 1 aromatic rings. The van der Waals surface area contributed by atoms with E-state index in [0.717, 1.165) is 17.7 Å². The predicted octanol–water partition coefficient (Wildman–Crippen LogP) is 1.32. The molecule has 2 unspecified atom stereocenters. The quantitative estimate of drug-likeness (QED) is 0.822. The molecule has 1 aliphatic heterocycles. The Morgan fingerprint density at radius 1 is 1.30 bits per heavy atom. The summed E-state index contributed by atoms with van der Waals surface area (Å²) in [6.07, 6.45) is 2.75. The van der Waals surface area contributed by atoms with Crippen molar-refractivity contribution in [3.63, 3.8) is 0 Å². The van der Waals surface area contributed by atoms with Crippen LogP contribution in [0.3, 0.4) is 0 Å².